The standard InChI is InChI=1S/C16H23NO3/c1-3-4-5-10(2)17-13-8-6-12-11(15(13)19)7-9-14(18)16(12)20/h7,9-10,13,17-18,20H,3-6,8H2,1-2H3. The predicted octanol–water partition coefficient (Wildman–Crippen LogP) is 2.76. The van der Waals surface area contributed by atoms with Gasteiger partial charge in [0.25, 0.3) is 0 Å². The maximum absolute atomic E-state index is 12.4. The average molecular weight is 277 g/mol. The Morgan fingerprint density at radius 3 is 2.85 bits per heavy atom. The van der Waals surface area contributed by atoms with Crippen LogP contribution < -0.4 is 5.32 Å². The highest BCUT2D eigenvalue weighted by Crippen LogP contribution is 2.35. The molecule has 3 N–H and O–H groups in total. The average Bonchev–Trinajstić information content (AvgIpc) is 2.43. The first kappa shape index (κ1) is 14.9. The molecule has 2 atom stereocenters. The van der Waals surface area contributed by atoms with E-state index in [1.165, 1.54) is 6.07 Å². The number of carbonyl (C=O) groups is 1. The smallest absolute Gasteiger partial charge is 0.180 e. The van der Waals surface area contributed by atoms with Crippen molar-refractivity contribution in [2.24, 2.45) is 0 Å². The van der Waals surface area contributed by atoms with E-state index < -0.39 is 0 Å². The molecule has 1 aromatic carbocycles. The number of phenols is 2. The van der Waals surface area contributed by atoms with E-state index in [-0.39, 0.29) is 23.3 Å². The number of carbonyl (C=O) groups excluding carboxylic acids is 1. The lowest BCUT2D eigenvalue weighted by Crippen LogP contribution is -2.44. The number of fused-ring (bicyclic) bond motifs is 1. The molecular weight excluding hydrogens is 254 g/mol. The number of benzene rings is 1. The summed E-state index contributed by atoms with van der Waals surface area (Å²) < 4.78 is 0. The third-order valence-electron chi connectivity index (χ3n) is 4.00. The van der Waals surface area contributed by atoms with Gasteiger partial charge in [0, 0.05) is 17.2 Å². The van der Waals surface area contributed by atoms with Crippen LogP contribution in [0.4, 0.5) is 0 Å². The maximum atomic E-state index is 12.4. The quantitative estimate of drug-likeness (QED) is 0.724. The first-order valence-electron chi connectivity index (χ1n) is 7.38. The van der Waals surface area contributed by atoms with E-state index in [0.29, 0.717) is 30.0 Å². The number of aromatic hydroxyl groups is 2. The van der Waals surface area contributed by atoms with Gasteiger partial charge < -0.3 is 15.5 Å². The fourth-order valence-electron chi connectivity index (χ4n) is 2.81. The highest BCUT2D eigenvalue weighted by Gasteiger charge is 2.30. The number of hydrogen-bond donors (Lipinski definition) is 3. The molecule has 0 amide bonds. The maximum Gasteiger partial charge on any atom is 0.180 e. The summed E-state index contributed by atoms with van der Waals surface area (Å²) in [5.74, 6) is -0.280. The molecule has 4 nitrogen and oxygen atoms in total. The van der Waals surface area contributed by atoms with Gasteiger partial charge in [-0.1, -0.05) is 19.8 Å². The molecule has 0 spiro atoms. The van der Waals surface area contributed by atoms with Gasteiger partial charge in [-0.2, -0.15) is 0 Å². The molecule has 1 aromatic rings. The van der Waals surface area contributed by atoms with Gasteiger partial charge >= 0.3 is 0 Å². The molecule has 1 aliphatic carbocycles. The normalized spacial score (nSPS) is 19.7. The van der Waals surface area contributed by atoms with Gasteiger partial charge in [0.1, 0.15) is 0 Å². The molecule has 4 heteroatoms. The SMILES string of the molecule is CCCCC(C)NC1CCc2c(ccc(O)c2O)C1=O. The van der Waals surface area contributed by atoms with Crippen molar-refractivity contribution in [2.75, 3.05) is 0 Å². The Labute approximate surface area is 119 Å². The molecule has 0 radical (unpaired) electrons. The van der Waals surface area contributed by atoms with Crippen molar-refractivity contribution in [1.29, 1.82) is 0 Å². The van der Waals surface area contributed by atoms with Gasteiger partial charge in [0.15, 0.2) is 17.3 Å². The third kappa shape index (κ3) is 2.96. The van der Waals surface area contributed by atoms with Crippen LogP contribution >= 0.6 is 0 Å². The van der Waals surface area contributed by atoms with E-state index in [0.717, 1.165) is 19.3 Å². The number of nitrogens with one attached hydrogen (secondary N) is 1. The zero-order valence-corrected chi connectivity index (χ0v) is 12.1. The monoisotopic (exact) mass is 277 g/mol. The van der Waals surface area contributed by atoms with Crippen molar-refractivity contribution in [3.63, 3.8) is 0 Å². The molecule has 1 aliphatic rings. The summed E-state index contributed by atoms with van der Waals surface area (Å²) in [7, 11) is 0. The second-order valence-electron chi connectivity index (χ2n) is 5.62. The lowest BCUT2D eigenvalue weighted by Gasteiger charge is -2.27. The Morgan fingerprint density at radius 2 is 2.15 bits per heavy atom. The van der Waals surface area contributed by atoms with Gasteiger partial charge in [-0.25, -0.2) is 0 Å². The molecule has 20 heavy (non-hydrogen) atoms. The molecule has 2 unspecified atom stereocenters. The third-order valence-corrected chi connectivity index (χ3v) is 4.00. The molecule has 0 saturated heterocycles. The van der Waals surface area contributed by atoms with E-state index in [9.17, 15) is 15.0 Å². The zero-order valence-electron chi connectivity index (χ0n) is 12.1. The first-order chi connectivity index (χ1) is 9.54. The highest BCUT2D eigenvalue weighted by atomic mass is 16.3. The summed E-state index contributed by atoms with van der Waals surface area (Å²) in [6.07, 6.45) is 4.65. The largest absolute Gasteiger partial charge is 0.504 e. The van der Waals surface area contributed by atoms with Crippen molar-refractivity contribution in [2.45, 2.75) is 58.0 Å². The molecule has 0 aliphatic heterocycles. The van der Waals surface area contributed by atoms with Crippen LogP contribution in [0.2, 0.25) is 0 Å². The summed E-state index contributed by atoms with van der Waals surface area (Å²) in [5.41, 5.74) is 1.11. The van der Waals surface area contributed by atoms with Crippen LogP contribution in [0.1, 0.15) is 55.5 Å². The van der Waals surface area contributed by atoms with E-state index >= 15 is 0 Å². The number of rotatable bonds is 5. The molecule has 0 bridgehead atoms. The van der Waals surface area contributed by atoms with Gasteiger partial charge in [-0.3, -0.25) is 4.79 Å². The van der Waals surface area contributed by atoms with Crippen LogP contribution in [0, 0.1) is 0 Å². The van der Waals surface area contributed by atoms with E-state index in [1.54, 1.807) is 6.07 Å². The Bertz CT molecular complexity index is 499. The Kier molecular flexibility index (Phi) is 4.65. The predicted molar refractivity (Wildman–Crippen MR) is 78.3 cm³/mol. The minimum atomic E-state index is -0.182. The van der Waals surface area contributed by atoms with E-state index in [1.807, 2.05) is 0 Å². The van der Waals surface area contributed by atoms with Gasteiger partial charge in [0.2, 0.25) is 0 Å². The number of phenolic OH excluding ortho intramolecular Hbond substituents is 2. The second-order valence-corrected chi connectivity index (χ2v) is 5.62. The summed E-state index contributed by atoms with van der Waals surface area (Å²) in [5, 5.41) is 22.7. The molecule has 0 aromatic heterocycles. The van der Waals surface area contributed by atoms with Crippen LogP contribution in [0.25, 0.3) is 0 Å². The molecule has 0 heterocycles. The Morgan fingerprint density at radius 1 is 1.40 bits per heavy atom. The minimum Gasteiger partial charge on any atom is -0.504 e. The fourth-order valence-corrected chi connectivity index (χ4v) is 2.81. The topological polar surface area (TPSA) is 69.6 Å². The van der Waals surface area contributed by atoms with Crippen LogP contribution in [-0.2, 0) is 6.42 Å². The zero-order chi connectivity index (χ0) is 14.7. The molecular formula is C16H23NO3. The highest BCUT2D eigenvalue weighted by molar-refractivity contribution is 6.03. The molecule has 110 valence electrons. The second kappa shape index (κ2) is 6.27. The summed E-state index contributed by atoms with van der Waals surface area (Å²) in [4.78, 5) is 12.4. The molecule has 2 rings (SSSR count). The number of hydrogen-bond acceptors (Lipinski definition) is 4. The molecule has 0 saturated carbocycles. The van der Waals surface area contributed by atoms with E-state index in [2.05, 4.69) is 19.2 Å². The van der Waals surface area contributed by atoms with Gasteiger partial charge in [0.05, 0.1) is 6.04 Å². The Balaban J connectivity index is 2.10. The van der Waals surface area contributed by atoms with Crippen LogP contribution in [0.5, 0.6) is 11.5 Å². The summed E-state index contributed by atoms with van der Waals surface area (Å²) in [6, 6.07) is 3.13. The van der Waals surface area contributed by atoms with Crippen molar-refractivity contribution in [3.8, 4) is 11.5 Å². The lowest BCUT2D eigenvalue weighted by molar-refractivity contribution is 0.0919. The summed E-state index contributed by atoms with van der Waals surface area (Å²) >= 11 is 0. The first-order valence-corrected chi connectivity index (χ1v) is 7.38. The lowest BCUT2D eigenvalue weighted by atomic mass is 9.86. The minimum absolute atomic E-state index is 0.0184. The van der Waals surface area contributed by atoms with Crippen molar-refractivity contribution >= 4 is 5.78 Å². The van der Waals surface area contributed by atoms with Gasteiger partial charge in [-0.15, -0.1) is 0 Å². The van der Waals surface area contributed by atoms with Crippen molar-refractivity contribution in [1.82, 2.24) is 5.32 Å². The van der Waals surface area contributed by atoms with Crippen molar-refractivity contribution < 1.29 is 15.0 Å². The number of unbranched alkanes of at least 4 members (excludes halogenated alkanes) is 1. The fraction of sp³-hybridized carbons (Fsp3) is 0.562. The van der Waals surface area contributed by atoms with Crippen LogP contribution in [-0.4, -0.2) is 28.1 Å². The van der Waals surface area contributed by atoms with Crippen molar-refractivity contribution in [3.05, 3.63) is 23.3 Å². The van der Waals surface area contributed by atoms with Crippen LogP contribution in [0.3, 0.4) is 0 Å². The van der Waals surface area contributed by atoms with Gasteiger partial charge in [-0.05, 0) is 38.3 Å². The molecule has 0 fully saturated rings. The van der Waals surface area contributed by atoms with Crippen LogP contribution in [0.15, 0.2) is 12.1 Å². The Hall–Kier alpha value is -1.55. The van der Waals surface area contributed by atoms with E-state index in [4.69, 9.17) is 0 Å². The number of ketones is 1. The summed E-state index contributed by atoms with van der Waals surface area (Å²) in [6.45, 7) is 4.26. The number of Topliss-reactive ketones (excluding diaryl/α,β-unsaturated/α-hetero) is 1.